The molecule has 1 heterocycles. The summed E-state index contributed by atoms with van der Waals surface area (Å²) in [6.45, 7) is 0.506. The standard InChI is InChI=1S/C21H21F3N4/c1-28(2)20-19(12-17(14-25-20)21(22,23)24)16-8-6-7-15(11-16)13-26-27-18-9-4-3-5-10-18/h3-12,14,26-27H,13H2,1-2H3. The number of nitrogens with zero attached hydrogens (tertiary/aromatic N) is 2. The highest BCUT2D eigenvalue weighted by atomic mass is 19.4. The van der Waals surface area contributed by atoms with Crippen molar-refractivity contribution in [2.24, 2.45) is 0 Å². The van der Waals surface area contributed by atoms with Crippen LogP contribution < -0.4 is 15.8 Å². The number of nitrogens with one attached hydrogen (secondary N) is 2. The lowest BCUT2D eigenvalue weighted by Crippen LogP contribution is -2.20. The van der Waals surface area contributed by atoms with E-state index in [4.69, 9.17) is 0 Å². The lowest BCUT2D eigenvalue weighted by atomic mass is 10.0. The van der Waals surface area contributed by atoms with E-state index in [1.807, 2.05) is 48.5 Å². The Kier molecular flexibility index (Phi) is 5.84. The molecule has 2 N–H and O–H groups in total. The van der Waals surface area contributed by atoms with E-state index in [1.54, 1.807) is 25.1 Å². The first-order valence-corrected chi connectivity index (χ1v) is 8.72. The molecule has 0 aliphatic rings. The number of anilines is 2. The average Bonchev–Trinajstić information content (AvgIpc) is 2.68. The zero-order valence-corrected chi connectivity index (χ0v) is 15.6. The quantitative estimate of drug-likeness (QED) is 0.588. The van der Waals surface area contributed by atoms with E-state index >= 15 is 0 Å². The van der Waals surface area contributed by atoms with Crippen molar-refractivity contribution in [3.8, 4) is 11.1 Å². The van der Waals surface area contributed by atoms with E-state index in [-0.39, 0.29) is 0 Å². The van der Waals surface area contributed by atoms with Gasteiger partial charge in [0, 0.05) is 38.1 Å². The molecule has 2 aromatic carbocycles. The van der Waals surface area contributed by atoms with Crippen molar-refractivity contribution in [2.45, 2.75) is 12.7 Å². The number of halogens is 3. The van der Waals surface area contributed by atoms with Crippen LogP contribution in [0.4, 0.5) is 24.7 Å². The molecule has 3 aromatic rings. The Bertz CT molecular complexity index is 924. The molecule has 0 amide bonds. The van der Waals surface area contributed by atoms with E-state index in [0.717, 1.165) is 23.5 Å². The number of hydrazine groups is 1. The highest BCUT2D eigenvalue weighted by Crippen LogP contribution is 2.35. The molecular weight excluding hydrogens is 365 g/mol. The maximum atomic E-state index is 13.2. The first-order chi connectivity index (χ1) is 13.3. The molecule has 0 atom stereocenters. The van der Waals surface area contributed by atoms with E-state index < -0.39 is 11.7 Å². The maximum absolute atomic E-state index is 13.2. The summed E-state index contributed by atoms with van der Waals surface area (Å²) in [5.74, 6) is 0.487. The fourth-order valence-electron chi connectivity index (χ4n) is 2.80. The summed E-state index contributed by atoms with van der Waals surface area (Å²) >= 11 is 0. The molecule has 0 saturated heterocycles. The molecule has 4 nitrogen and oxygen atoms in total. The van der Waals surface area contributed by atoms with Crippen molar-refractivity contribution >= 4 is 11.5 Å². The van der Waals surface area contributed by atoms with Crippen molar-refractivity contribution in [3.63, 3.8) is 0 Å². The van der Waals surface area contributed by atoms with Gasteiger partial charge in [0.25, 0.3) is 0 Å². The van der Waals surface area contributed by atoms with Crippen molar-refractivity contribution in [1.29, 1.82) is 0 Å². The van der Waals surface area contributed by atoms with Crippen LogP contribution in [0.15, 0.2) is 66.9 Å². The van der Waals surface area contributed by atoms with E-state index in [9.17, 15) is 13.2 Å². The topological polar surface area (TPSA) is 40.2 Å². The van der Waals surface area contributed by atoms with Crippen molar-refractivity contribution < 1.29 is 13.2 Å². The lowest BCUT2D eigenvalue weighted by molar-refractivity contribution is -0.137. The van der Waals surface area contributed by atoms with Crippen LogP contribution in [0.25, 0.3) is 11.1 Å². The minimum Gasteiger partial charge on any atom is -0.362 e. The molecule has 0 radical (unpaired) electrons. The number of hydrogen-bond donors (Lipinski definition) is 2. The van der Waals surface area contributed by atoms with Gasteiger partial charge in [-0.2, -0.15) is 13.2 Å². The molecule has 146 valence electrons. The molecule has 0 aliphatic heterocycles. The summed E-state index contributed by atoms with van der Waals surface area (Å²) < 4.78 is 39.5. The number of hydrogen-bond acceptors (Lipinski definition) is 4. The molecule has 0 saturated carbocycles. The van der Waals surface area contributed by atoms with Gasteiger partial charge in [-0.1, -0.05) is 36.4 Å². The number of pyridine rings is 1. The number of alkyl halides is 3. The largest absolute Gasteiger partial charge is 0.417 e. The van der Waals surface area contributed by atoms with Crippen LogP contribution in [-0.4, -0.2) is 19.1 Å². The van der Waals surface area contributed by atoms with Gasteiger partial charge >= 0.3 is 6.18 Å². The Hall–Kier alpha value is -3.06. The minimum atomic E-state index is -4.44. The monoisotopic (exact) mass is 386 g/mol. The highest BCUT2D eigenvalue weighted by molar-refractivity contribution is 5.76. The minimum absolute atomic E-state index is 0.442. The molecule has 28 heavy (non-hydrogen) atoms. The van der Waals surface area contributed by atoms with Crippen molar-refractivity contribution in [3.05, 3.63) is 78.0 Å². The van der Waals surface area contributed by atoms with Crippen LogP contribution in [0, 0.1) is 0 Å². The van der Waals surface area contributed by atoms with Gasteiger partial charge in [0.15, 0.2) is 0 Å². The third kappa shape index (κ3) is 4.80. The Labute approximate surface area is 162 Å². The maximum Gasteiger partial charge on any atom is 0.417 e. The van der Waals surface area contributed by atoms with Gasteiger partial charge in [-0.3, -0.25) is 0 Å². The summed E-state index contributed by atoms with van der Waals surface area (Å²) in [7, 11) is 3.52. The predicted molar refractivity (Wildman–Crippen MR) is 106 cm³/mol. The lowest BCUT2D eigenvalue weighted by Gasteiger charge is -2.19. The smallest absolute Gasteiger partial charge is 0.362 e. The zero-order valence-electron chi connectivity index (χ0n) is 15.6. The molecule has 7 heteroatoms. The summed E-state index contributed by atoms with van der Waals surface area (Å²) in [6.07, 6.45) is -3.57. The van der Waals surface area contributed by atoms with E-state index in [0.29, 0.717) is 23.5 Å². The van der Waals surface area contributed by atoms with Crippen molar-refractivity contribution in [2.75, 3.05) is 24.4 Å². The second-order valence-corrected chi connectivity index (χ2v) is 6.53. The number of rotatable bonds is 6. The Balaban J connectivity index is 1.84. The van der Waals surface area contributed by atoms with Crippen LogP contribution in [0.1, 0.15) is 11.1 Å². The van der Waals surface area contributed by atoms with Gasteiger partial charge < -0.3 is 10.3 Å². The fraction of sp³-hybridized carbons (Fsp3) is 0.190. The van der Waals surface area contributed by atoms with Gasteiger partial charge in [-0.05, 0) is 35.4 Å². The summed E-state index contributed by atoms with van der Waals surface area (Å²) in [5, 5.41) is 0. The van der Waals surface area contributed by atoms with Gasteiger partial charge in [0.2, 0.25) is 0 Å². The first-order valence-electron chi connectivity index (χ1n) is 8.72. The number of benzene rings is 2. The Morgan fingerprint density at radius 3 is 2.39 bits per heavy atom. The molecule has 0 bridgehead atoms. The van der Waals surface area contributed by atoms with E-state index in [1.165, 1.54) is 0 Å². The summed E-state index contributed by atoms with van der Waals surface area (Å²) in [4.78, 5) is 5.74. The molecule has 0 fully saturated rings. The van der Waals surface area contributed by atoms with Crippen LogP contribution in [0.2, 0.25) is 0 Å². The van der Waals surface area contributed by atoms with Gasteiger partial charge in [0.05, 0.1) is 5.56 Å². The normalized spacial score (nSPS) is 11.3. The van der Waals surface area contributed by atoms with Crippen LogP contribution >= 0.6 is 0 Å². The van der Waals surface area contributed by atoms with E-state index in [2.05, 4.69) is 15.8 Å². The Morgan fingerprint density at radius 2 is 1.71 bits per heavy atom. The van der Waals surface area contributed by atoms with Gasteiger partial charge in [-0.25, -0.2) is 10.4 Å². The number of aromatic nitrogens is 1. The molecule has 1 aromatic heterocycles. The molecule has 0 aliphatic carbocycles. The SMILES string of the molecule is CN(C)c1ncc(C(F)(F)F)cc1-c1cccc(CNNc2ccccc2)c1. The molecule has 0 unspecified atom stereocenters. The van der Waals surface area contributed by atoms with Crippen LogP contribution in [-0.2, 0) is 12.7 Å². The second-order valence-electron chi connectivity index (χ2n) is 6.53. The fourth-order valence-corrected chi connectivity index (χ4v) is 2.80. The van der Waals surface area contributed by atoms with Crippen molar-refractivity contribution in [1.82, 2.24) is 10.4 Å². The second kappa shape index (κ2) is 8.31. The highest BCUT2D eigenvalue weighted by Gasteiger charge is 2.32. The Morgan fingerprint density at radius 1 is 0.964 bits per heavy atom. The van der Waals surface area contributed by atoms with Crippen LogP contribution in [0.3, 0.4) is 0 Å². The van der Waals surface area contributed by atoms with Gasteiger partial charge in [-0.15, -0.1) is 0 Å². The summed E-state index contributed by atoms with van der Waals surface area (Å²) in [6, 6.07) is 18.2. The summed E-state index contributed by atoms with van der Waals surface area (Å²) in [5.41, 5.74) is 8.43. The average molecular weight is 386 g/mol. The predicted octanol–water partition coefficient (Wildman–Crippen LogP) is 4.95. The molecule has 3 rings (SSSR count). The third-order valence-corrected chi connectivity index (χ3v) is 4.15. The first kappa shape index (κ1) is 19.7. The van der Waals surface area contributed by atoms with Crippen LogP contribution in [0.5, 0.6) is 0 Å². The number of para-hydroxylation sites is 1. The third-order valence-electron chi connectivity index (χ3n) is 4.15. The molecule has 0 spiro atoms. The zero-order chi connectivity index (χ0) is 20.1. The molecular formula is C21H21F3N4. The van der Waals surface area contributed by atoms with Gasteiger partial charge in [0.1, 0.15) is 5.82 Å².